The largest absolute Gasteiger partial charge is 0.507 e. The van der Waals surface area contributed by atoms with Crippen molar-refractivity contribution in [3.05, 3.63) is 47.0 Å². The van der Waals surface area contributed by atoms with E-state index < -0.39 is 64.7 Å². The van der Waals surface area contributed by atoms with E-state index in [1.165, 1.54) is 31.7 Å². The Balaban J connectivity index is 1.45. The fourth-order valence-electron chi connectivity index (χ4n) is 8.71. The summed E-state index contributed by atoms with van der Waals surface area (Å²) in [5.41, 5.74) is 5.98. The number of ether oxygens (including phenoxy) is 1. The van der Waals surface area contributed by atoms with E-state index in [9.17, 15) is 34.5 Å². The van der Waals surface area contributed by atoms with Gasteiger partial charge < -0.3 is 30.7 Å². The molecule has 44 heavy (non-hydrogen) atoms. The van der Waals surface area contributed by atoms with Crippen LogP contribution in [0.1, 0.15) is 53.6 Å². The number of hydrogen-bond donors (Lipinski definition) is 4. The van der Waals surface area contributed by atoms with E-state index in [1.54, 1.807) is 32.2 Å². The van der Waals surface area contributed by atoms with Gasteiger partial charge in [0.15, 0.2) is 23.0 Å². The summed E-state index contributed by atoms with van der Waals surface area (Å²) in [6.07, 6.45) is 4.53. The molecule has 3 fully saturated rings. The number of ketones is 3. The number of methoxy groups -OCH3 is 1. The summed E-state index contributed by atoms with van der Waals surface area (Å²) in [5.74, 6) is -7.98. The number of phenols is 1. The number of Topliss-reactive ketones (excluding diaryl/α,β-unsaturated/α-hetero) is 3. The van der Waals surface area contributed by atoms with E-state index in [2.05, 4.69) is 12.1 Å². The van der Waals surface area contributed by atoms with E-state index in [1.807, 2.05) is 6.07 Å². The van der Waals surface area contributed by atoms with Crippen molar-refractivity contribution in [1.82, 2.24) is 4.90 Å². The van der Waals surface area contributed by atoms with Gasteiger partial charge in [-0.3, -0.25) is 19.2 Å². The molecule has 0 heterocycles. The van der Waals surface area contributed by atoms with Crippen molar-refractivity contribution in [3.63, 3.8) is 0 Å². The van der Waals surface area contributed by atoms with Crippen molar-refractivity contribution >= 4 is 23.3 Å². The normalized spacial score (nSPS) is 31.9. The highest BCUT2D eigenvalue weighted by atomic mass is 16.5. The molecule has 2 aromatic rings. The second kappa shape index (κ2) is 11.1. The molecular formula is C34H40N2O8. The van der Waals surface area contributed by atoms with Crippen LogP contribution in [-0.4, -0.2) is 82.4 Å². The molecule has 234 valence electrons. The van der Waals surface area contributed by atoms with Crippen LogP contribution in [-0.2, 0) is 27.2 Å². The highest BCUT2D eigenvalue weighted by Crippen LogP contribution is 2.53. The van der Waals surface area contributed by atoms with E-state index in [0.29, 0.717) is 22.8 Å². The predicted octanol–water partition coefficient (Wildman–Crippen LogP) is 2.07. The molecule has 3 saturated carbocycles. The van der Waals surface area contributed by atoms with Gasteiger partial charge >= 0.3 is 0 Å². The van der Waals surface area contributed by atoms with Gasteiger partial charge in [-0.25, -0.2) is 0 Å². The molecule has 3 unspecified atom stereocenters. The third-order valence-corrected chi connectivity index (χ3v) is 10.7. The van der Waals surface area contributed by atoms with Crippen LogP contribution < -0.4 is 10.5 Å². The number of fused-ring (bicyclic) bond motifs is 3. The highest BCUT2D eigenvalue weighted by molar-refractivity contribution is 6.25. The zero-order valence-electron chi connectivity index (χ0n) is 25.3. The van der Waals surface area contributed by atoms with Crippen LogP contribution in [0, 0.1) is 29.6 Å². The number of likely N-dealkylation sites (N-methyl/N-ethyl adjacent to an activating group) is 1. The first-order valence-corrected chi connectivity index (χ1v) is 15.4. The molecule has 4 aliphatic rings. The molecule has 0 radical (unpaired) electrons. The Morgan fingerprint density at radius 2 is 1.77 bits per heavy atom. The fourth-order valence-corrected chi connectivity index (χ4v) is 8.71. The number of benzene rings is 2. The van der Waals surface area contributed by atoms with Gasteiger partial charge in [0.25, 0.3) is 0 Å². The number of carbonyl (C=O) groups excluding carboxylic acids is 4. The minimum atomic E-state index is -2.69. The van der Waals surface area contributed by atoms with Gasteiger partial charge in [-0.05, 0) is 80.1 Å². The van der Waals surface area contributed by atoms with Crippen LogP contribution in [0.3, 0.4) is 0 Å². The molecule has 0 aromatic heterocycles. The van der Waals surface area contributed by atoms with Gasteiger partial charge in [0.1, 0.15) is 17.4 Å². The van der Waals surface area contributed by atoms with Crippen LogP contribution in [0.5, 0.6) is 11.5 Å². The van der Waals surface area contributed by atoms with Crippen LogP contribution >= 0.6 is 0 Å². The molecule has 0 spiro atoms. The van der Waals surface area contributed by atoms with Gasteiger partial charge in [-0.15, -0.1) is 0 Å². The van der Waals surface area contributed by atoms with Gasteiger partial charge in [-0.1, -0.05) is 37.8 Å². The first-order valence-electron chi connectivity index (χ1n) is 15.4. The molecule has 7 atom stereocenters. The average molecular weight is 605 g/mol. The maximum Gasteiger partial charge on any atom is 0.230 e. The maximum absolute atomic E-state index is 14.1. The molecule has 0 saturated heterocycles. The molecule has 0 bridgehead atoms. The second-order valence-electron chi connectivity index (χ2n) is 13.3. The summed E-state index contributed by atoms with van der Waals surface area (Å²) >= 11 is 0. The zero-order chi connectivity index (χ0) is 31.7. The topological polar surface area (TPSA) is 167 Å². The highest BCUT2D eigenvalue weighted by Gasteiger charge is 2.69. The number of phenolic OH excluding ortho intramolecular Hbond substituents is 1. The number of nitrogens with two attached hydrogens (primary N) is 1. The molecule has 5 N–H and O–H groups in total. The number of amides is 1. The molecule has 1 amide bonds. The molecule has 0 aliphatic heterocycles. The lowest BCUT2D eigenvalue weighted by molar-refractivity contribution is -0.190. The summed E-state index contributed by atoms with van der Waals surface area (Å²) in [6, 6.07) is 8.28. The lowest BCUT2D eigenvalue weighted by Gasteiger charge is -2.54. The van der Waals surface area contributed by atoms with Gasteiger partial charge in [0.2, 0.25) is 5.91 Å². The number of carbonyl (C=O) groups is 4. The van der Waals surface area contributed by atoms with Gasteiger partial charge in [-0.2, -0.15) is 0 Å². The SMILES string of the molecule is COc1ccc(CC2CCCC2)cc1-c1ccc(O)c2c1C[C@@H]1C[C@@H]3[C@@H](N(C)C)C(O)C(C(N)=O)C(=O)[C@]3(O)C(=O)C1C2=O. The molecule has 10 heteroatoms. The van der Waals surface area contributed by atoms with Crippen LogP contribution in [0.25, 0.3) is 11.1 Å². The maximum atomic E-state index is 14.1. The van der Waals surface area contributed by atoms with Crippen molar-refractivity contribution < 1.29 is 39.2 Å². The third kappa shape index (κ3) is 4.49. The predicted molar refractivity (Wildman–Crippen MR) is 160 cm³/mol. The van der Waals surface area contributed by atoms with Crippen molar-refractivity contribution in [3.8, 4) is 22.6 Å². The van der Waals surface area contributed by atoms with Gasteiger partial charge in [0.05, 0.1) is 24.7 Å². The van der Waals surface area contributed by atoms with Crippen molar-refractivity contribution in [1.29, 1.82) is 0 Å². The zero-order valence-corrected chi connectivity index (χ0v) is 25.3. The average Bonchev–Trinajstić information content (AvgIpc) is 3.48. The van der Waals surface area contributed by atoms with Gasteiger partial charge in [0, 0.05) is 17.5 Å². The molecular weight excluding hydrogens is 564 g/mol. The minimum absolute atomic E-state index is 0.0127. The van der Waals surface area contributed by atoms with E-state index in [4.69, 9.17) is 10.5 Å². The van der Waals surface area contributed by atoms with Crippen LogP contribution in [0.4, 0.5) is 0 Å². The Kier molecular flexibility index (Phi) is 7.66. The Morgan fingerprint density at radius 3 is 2.41 bits per heavy atom. The third-order valence-electron chi connectivity index (χ3n) is 10.7. The lowest BCUT2D eigenvalue weighted by atomic mass is 9.52. The standard InChI is InChI=1S/C34H40N2O8/c1-36(2)28-22-15-18-14-21-19(20-13-17(8-11-24(20)44-3)12-16-6-4-5-7-16)9-10-23(37)26(21)29(38)25(18)31(40)34(22,43)32(41)27(30(28)39)33(35)42/h8-11,13,16,18,22,25,27-28,30,37,39,43H,4-7,12,14-15H2,1-3H3,(H2,35,42)/t18-,22-,25?,27?,28-,30?,34-/m1/s1. The number of aliphatic hydroxyl groups is 2. The Hall–Kier alpha value is -3.60. The Labute approximate surface area is 256 Å². The number of aliphatic hydroxyl groups excluding tert-OH is 1. The summed E-state index contributed by atoms with van der Waals surface area (Å²) in [5, 5.41) is 33.9. The summed E-state index contributed by atoms with van der Waals surface area (Å²) in [7, 11) is 4.83. The number of primary amides is 1. The monoisotopic (exact) mass is 604 g/mol. The molecule has 10 nitrogen and oxygen atoms in total. The number of aromatic hydroxyl groups is 1. The van der Waals surface area contributed by atoms with Crippen molar-refractivity contribution in [2.24, 2.45) is 35.3 Å². The molecule has 6 rings (SSSR count). The second-order valence-corrected chi connectivity index (χ2v) is 13.3. The fraction of sp³-hybridized carbons (Fsp3) is 0.529. The van der Waals surface area contributed by atoms with Crippen LogP contribution in [0.15, 0.2) is 30.3 Å². The quantitative estimate of drug-likeness (QED) is 0.361. The summed E-state index contributed by atoms with van der Waals surface area (Å²) in [4.78, 5) is 55.6. The summed E-state index contributed by atoms with van der Waals surface area (Å²) < 4.78 is 5.73. The number of rotatable bonds is 6. The van der Waals surface area contributed by atoms with E-state index >= 15 is 0 Å². The Bertz CT molecular complexity index is 1550. The first-order chi connectivity index (χ1) is 20.9. The molecule has 2 aromatic carbocycles. The minimum Gasteiger partial charge on any atom is -0.507 e. The lowest BCUT2D eigenvalue weighted by Crippen LogP contribution is -2.75. The Morgan fingerprint density at radius 1 is 1.07 bits per heavy atom. The number of hydrogen-bond acceptors (Lipinski definition) is 9. The van der Waals surface area contributed by atoms with Crippen LogP contribution in [0.2, 0.25) is 0 Å². The molecule has 4 aliphatic carbocycles. The van der Waals surface area contributed by atoms with Crippen molar-refractivity contribution in [2.75, 3.05) is 21.2 Å². The smallest absolute Gasteiger partial charge is 0.230 e. The first kappa shape index (κ1) is 30.4. The van der Waals surface area contributed by atoms with E-state index in [0.717, 1.165) is 17.5 Å². The van der Waals surface area contributed by atoms with E-state index in [-0.39, 0.29) is 24.2 Å². The number of nitrogens with zero attached hydrogens (tertiary/aromatic N) is 1. The summed E-state index contributed by atoms with van der Waals surface area (Å²) in [6.45, 7) is 0. The van der Waals surface area contributed by atoms with Crippen molar-refractivity contribution in [2.45, 2.75) is 62.7 Å².